The zero-order chi connectivity index (χ0) is 10.6. The SMILES string of the molecule is CSCCC(=O)N1CC(CN)CC1C. The third kappa shape index (κ3) is 2.89. The minimum Gasteiger partial charge on any atom is -0.340 e. The molecular weight excluding hydrogens is 196 g/mol. The molecule has 0 aromatic rings. The van der Waals surface area contributed by atoms with Crippen molar-refractivity contribution >= 4 is 17.7 Å². The molecule has 2 N–H and O–H groups in total. The average molecular weight is 216 g/mol. The second-order valence-corrected chi connectivity index (χ2v) is 4.96. The van der Waals surface area contributed by atoms with E-state index in [-0.39, 0.29) is 0 Å². The second kappa shape index (κ2) is 5.61. The fourth-order valence-corrected chi connectivity index (χ4v) is 2.37. The van der Waals surface area contributed by atoms with Crippen molar-refractivity contribution in [2.24, 2.45) is 11.7 Å². The highest BCUT2D eigenvalue weighted by Crippen LogP contribution is 2.22. The minimum atomic E-state index is 0.294. The van der Waals surface area contributed by atoms with Crippen LogP contribution in [-0.4, -0.2) is 41.9 Å². The summed E-state index contributed by atoms with van der Waals surface area (Å²) in [6, 6.07) is 0.387. The Morgan fingerprint density at radius 3 is 2.86 bits per heavy atom. The van der Waals surface area contributed by atoms with Gasteiger partial charge in [-0.2, -0.15) is 11.8 Å². The summed E-state index contributed by atoms with van der Waals surface area (Å²) in [5.41, 5.74) is 5.62. The first-order chi connectivity index (χ1) is 6.69. The largest absolute Gasteiger partial charge is 0.340 e. The molecule has 14 heavy (non-hydrogen) atoms. The molecule has 0 aliphatic carbocycles. The quantitative estimate of drug-likeness (QED) is 0.760. The van der Waals surface area contributed by atoms with Crippen LogP contribution >= 0.6 is 11.8 Å². The Kier molecular flexibility index (Phi) is 4.75. The summed E-state index contributed by atoms with van der Waals surface area (Å²) in [6.07, 6.45) is 3.77. The summed E-state index contributed by atoms with van der Waals surface area (Å²) < 4.78 is 0. The number of carbonyl (C=O) groups excluding carboxylic acids is 1. The van der Waals surface area contributed by atoms with Crippen LogP contribution < -0.4 is 5.73 Å². The van der Waals surface area contributed by atoms with Gasteiger partial charge in [0.15, 0.2) is 0 Å². The molecule has 1 saturated heterocycles. The Morgan fingerprint density at radius 2 is 2.36 bits per heavy atom. The van der Waals surface area contributed by atoms with Crippen molar-refractivity contribution < 1.29 is 4.79 Å². The highest BCUT2D eigenvalue weighted by Gasteiger charge is 2.30. The lowest BCUT2D eigenvalue weighted by Crippen LogP contribution is -2.34. The van der Waals surface area contributed by atoms with Gasteiger partial charge in [-0.05, 0) is 32.1 Å². The maximum Gasteiger partial charge on any atom is 0.223 e. The van der Waals surface area contributed by atoms with E-state index in [1.165, 1.54) is 0 Å². The van der Waals surface area contributed by atoms with Crippen LogP contribution in [0.5, 0.6) is 0 Å². The topological polar surface area (TPSA) is 46.3 Å². The Balaban J connectivity index is 2.40. The molecule has 2 atom stereocenters. The van der Waals surface area contributed by atoms with Crippen molar-refractivity contribution in [1.82, 2.24) is 4.90 Å². The number of thioether (sulfide) groups is 1. The lowest BCUT2D eigenvalue weighted by atomic mass is 10.1. The summed E-state index contributed by atoms with van der Waals surface area (Å²) in [4.78, 5) is 13.7. The van der Waals surface area contributed by atoms with E-state index in [0.29, 0.717) is 30.8 Å². The summed E-state index contributed by atoms with van der Waals surface area (Å²) in [7, 11) is 0. The predicted molar refractivity (Wildman–Crippen MR) is 61.3 cm³/mol. The maximum atomic E-state index is 11.7. The molecule has 0 spiro atoms. The Bertz CT molecular complexity index is 199. The number of hydrogen-bond acceptors (Lipinski definition) is 3. The normalized spacial score (nSPS) is 26.9. The fraction of sp³-hybridized carbons (Fsp3) is 0.900. The van der Waals surface area contributed by atoms with Crippen molar-refractivity contribution in [3.05, 3.63) is 0 Å². The van der Waals surface area contributed by atoms with Crippen molar-refractivity contribution in [2.75, 3.05) is 25.1 Å². The van der Waals surface area contributed by atoms with Crippen LogP contribution in [0, 0.1) is 5.92 Å². The van der Waals surface area contributed by atoms with Gasteiger partial charge in [0.05, 0.1) is 0 Å². The molecule has 0 aromatic carbocycles. The summed E-state index contributed by atoms with van der Waals surface area (Å²) in [5.74, 6) is 1.74. The van der Waals surface area contributed by atoms with Crippen molar-refractivity contribution in [3.63, 3.8) is 0 Å². The number of nitrogens with two attached hydrogens (primary N) is 1. The van der Waals surface area contributed by atoms with Crippen LogP contribution in [-0.2, 0) is 4.79 Å². The van der Waals surface area contributed by atoms with Gasteiger partial charge in [0.2, 0.25) is 5.91 Å². The molecule has 1 aliphatic heterocycles. The molecule has 1 amide bonds. The number of likely N-dealkylation sites (tertiary alicyclic amines) is 1. The van der Waals surface area contributed by atoms with Gasteiger partial charge in [0.25, 0.3) is 0 Å². The Morgan fingerprint density at radius 1 is 1.64 bits per heavy atom. The Hall–Kier alpha value is -0.220. The molecule has 4 heteroatoms. The molecule has 1 rings (SSSR count). The number of hydrogen-bond donors (Lipinski definition) is 1. The molecule has 0 aromatic heterocycles. The molecule has 1 fully saturated rings. The first-order valence-electron chi connectivity index (χ1n) is 5.17. The van der Waals surface area contributed by atoms with E-state index in [1.807, 2.05) is 11.2 Å². The molecule has 0 saturated carbocycles. The third-order valence-corrected chi connectivity index (χ3v) is 3.45. The van der Waals surface area contributed by atoms with Crippen molar-refractivity contribution in [2.45, 2.75) is 25.8 Å². The van der Waals surface area contributed by atoms with Gasteiger partial charge in [-0.1, -0.05) is 0 Å². The maximum absolute atomic E-state index is 11.7. The number of nitrogens with zero attached hydrogens (tertiary/aromatic N) is 1. The van der Waals surface area contributed by atoms with Gasteiger partial charge in [-0.3, -0.25) is 4.79 Å². The molecule has 2 unspecified atom stereocenters. The number of carbonyl (C=O) groups is 1. The summed E-state index contributed by atoms with van der Waals surface area (Å²) >= 11 is 1.72. The van der Waals surface area contributed by atoms with Gasteiger partial charge in [-0.15, -0.1) is 0 Å². The fourth-order valence-electron chi connectivity index (χ4n) is 1.99. The molecule has 0 bridgehead atoms. The van der Waals surface area contributed by atoms with E-state index in [2.05, 4.69) is 6.92 Å². The average Bonchev–Trinajstić information content (AvgIpc) is 2.56. The Labute approximate surface area is 90.4 Å². The van der Waals surface area contributed by atoms with Crippen molar-refractivity contribution in [1.29, 1.82) is 0 Å². The third-order valence-electron chi connectivity index (χ3n) is 2.84. The number of amides is 1. The summed E-state index contributed by atoms with van der Waals surface area (Å²) in [5, 5.41) is 0. The smallest absolute Gasteiger partial charge is 0.223 e. The van der Waals surface area contributed by atoms with E-state index in [1.54, 1.807) is 11.8 Å². The number of rotatable bonds is 4. The molecule has 1 aliphatic rings. The van der Waals surface area contributed by atoms with E-state index >= 15 is 0 Å². The first kappa shape index (κ1) is 11.9. The van der Waals surface area contributed by atoms with Gasteiger partial charge >= 0.3 is 0 Å². The van der Waals surface area contributed by atoms with E-state index < -0.39 is 0 Å². The van der Waals surface area contributed by atoms with Crippen LogP contribution in [0.25, 0.3) is 0 Å². The molecular formula is C10H20N2OS. The first-order valence-corrected chi connectivity index (χ1v) is 6.57. The van der Waals surface area contributed by atoms with Gasteiger partial charge in [0, 0.05) is 24.8 Å². The standard InChI is InChI=1S/C10H20N2OS/c1-8-5-9(6-11)7-12(8)10(13)3-4-14-2/h8-9H,3-7,11H2,1-2H3. The van der Waals surface area contributed by atoms with Gasteiger partial charge in [0.1, 0.15) is 0 Å². The zero-order valence-corrected chi connectivity index (χ0v) is 9.85. The van der Waals surface area contributed by atoms with Gasteiger partial charge < -0.3 is 10.6 Å². The molecule has 0 radical (unpaired) electrons. The predicted octanol–water partition coefficient (Wildman–Crippen LogP) is 0.935. The van der Waals surface area contributed by atoms with E-state index in [0.717, 1.165) is 18.7 Å². The molecule has 1 heterocycles. The summed E-state index contributed by atoms with van der Waals surface area (Å²) in [6.45, 7) is 3.69. The minimum absolute atomic E-state index is 0.294. The molecule has 82 valence electrons. The van der Waals surface area contributed by atoms with Crippen LogP contribution in [0.3, 0.4) is 0 Å². The monoisotopic (exact) mass is 216 g/mol. The molecule has 3 nitrogen and oxygen atoms in total. The lowest BCUT2D eigenvalue weighted by Gasteiger charge is -2.21. The van der Waals surface area contributed by atoms with E-state index in [4.69, 9.17) is 5.73 Å². The van der Waals surface area contributed by atoms with Crippen LogP contribution in [0.15, 0.2) is 0 Å². The van der Waals surface area contributed by atoms with Crippen molar-refractivity contribution in [3.8, 4) is 0 Å². The van der Waals surface area contributed by atoms with Crippen LogP contribution in [0.4, 0.5) is 0 Å². The zero-order valence-electron chi connectivity index (χ0n) is 9.03. The lowest BCUT2D eigenvalue weighted by molar-refractivity contribution is -0.131. The second-order valence-electron chi connectivity index (χ2n) is 3.98. The highest BCUT2D eigenvalue weighted by molar-refractivity contribution is 7.98. The van der Waals surface area contributed by atoms with Gasteiger partial charge in [-0.25, -0.2) is 0 Å². The van der Waals surface area contributed by atoms with Crippen LogP contribution in [0.1, 0.15) is 19.8 Å². The van der Waals surface area contributed by atoms with E-state index in [9.17, 15) is 4.79 Å². The highest BCUT2D eigenvalue weighted by atomic mass is 32.2. The van der Waals surface area contributed by atoms with Crippen LogP contribution in [0.2, 0.25) is 0 Å².